The predicted octanol–water partition coefficient (Wildman–Crippen LogP) is 3.85. The Hall–Kier alpha value is -2.14. The van der Waals surface area contributed by atoms with Crippen LogP contribution in [0.3, 0.4) is 0 Å². The molecule has 0 saturated carbocycles. The quantitative estimate of drug-likeness (QED) is 0.733. The lowest BCUT2D eigenvalue weighted by molar-refractivity contribution is 0.0766. The number of imidazole rings is 1. The van der Waals surface area contributed by atoms with E-state index >= 15 is 0 Å². The largest absolute Gasteiger partial charge is 0.338 e. The fourth-order valence-electron chi connectivity index (χ4n) is 2.47. The lowest BCUT2D eigenvalue weighted by atomic mass is 10.1. The summed E-state index contributed by atoms with van der Waals surface area (Å²) >= 11 is 1.50. The molecule has 0 fully saturated rings. The molecule has 0 bridgehead atoms. The summed E-state index contributed by atoms with van der Waals surface area (Å²) in [6, 6.07) is 8.27. The van der Waals surface area contributed by atoms with E-state index in [-0.39, 0.29) is 5.91 Å². The number of benzene rings is 1. The Bertz CT molecular complexity index is 797. The van der Waals surface area contributed by atoms with E-state index < -0.39 is 0 Å². The first kappa shape index (κ1) is 14.8. The summed E-state index contributed by atoms with van der Waals surface area (Å²) in [6.45, 7) is 7.49. The number of rotatable bonds is 4. The van der Waals surface area contributed by atoms with Gasteiger partial charge in [-0.05, 0) is 20.8 Å². The first-order valence-corrected chi connectivity index (χ1v) is 8.35. The summed E-state index contributed by atoms with van der Waals surface area (Å²) in [5.41, 5.74) is 3.89. The van der Waals surface area contributed by atoms with Crippen molar-refractivity contribution in [2.75, 3.05) is 13.1 Å². The summed E-state index contributed by atoms with van der Waals surface area (Å²) in [7, 11) is 0. The average Bonchev–Trinajstić information content (AvgIpc) is 3.09. The number of carbonyl (C=O) groups is 1. The Morgan fingerprint density at radius 1 is 1.23 bits per heavy atom. The fraction of sp³-hybridized carbons (Fsp3) is 0.294. The Morgan fingerprint density at radius 3 is 2.55 bits per heavy atom. The maximum Gasteiger partial charge on any atom is 0.271 e. The topological polar surface area (TPSA) is 37.6 Å². The van der Waals surface area contributed by atoms with Gasteiger partial charge in [-0.1, -0.05) is 29.8 Å². The van der Waals surface area contributed by atoms with Gasteiger partial charge in [0.25, 0.3) is 5.91 Å². The van der Waals surface area contributed by atoms with Gasteiger partial charge in [0, 0.05) is 30.2 Å². The molecule has 0 spiro atoms. The molecular formula is C17H19N3OS. The predicted molar refractivity (Wildman–Crippen MR) is 90.5 cm³/mol. The zero-order valence-electron chi connectivity index (χ0n) is 13.0. The lowest BCUT2D eigenvalue weighted by Crippen LogP contribution is -2.31. The van der Waals surface area contributed by atoms with Gasteiger partial charge < -0.3 is 4.90 Å². The number of hydrogen-bond acceptors (Lipinski definition) is 3. The maximum atomic E-state index is 12.6. The van der Waals surface area contributed by atoms with Crippen LogP contribution in [0, 0.1) is 6.92 Å². The number of fused-ring (bicyclic) bond motifs is 1. The highest BCUT2D eigenvalue weighted by Gasteiger charge is 2.18. The molecule has 114 valence electrons. The van der Waals surface area contributed by atoms with Crippen molar-refractivity contribution in [2.45, 2.75) is 20.8 Å². The van der Waals surface area contributed by atoms with Crippen LogP contribution in [0.15, 0.2) is 35.8 Å². The van der Waals surface area contributed by atoms with Gasteiger partial charge in [0.05, 0.1) is 5.69 Å². The lowest BCUT2D eigenvalue weighted by Gasteiger charge is -2.17. The molecule has 4 nitrogen and oxygen atoms in total. The van der Waals surface area contributed by atoms with E-state index in [0.717, 1.165) is 16.2 Å². The first-order valence-electron chi connectivity index (χ1n) is 7.47. The number of thiazole rings is 1. The summed E-state index contributed by atoms with van der Waals surface area (Å²) in [5.74, 6) is 0.0594. The molecule has 0 unspecified atom stereocenters. The third-order valence-electron chi connectivity index (χ3n) is 3.83. The maximum absolute atomic E-state index is 12.6. The van der Waals surface area contributed by atoms with Gasteiger partial charge in [-0.15, -0.1) is 11.3 Å². The van der Waals surface area contributed by atoms with E-state index in [1.54, 1.807) is 0 Å². The molecule has 2 heterocycles. The number of aryl methyl sites for hydroxylation is 1. The molecule has 1 amide bonds. The molecule has 0 radical (unpaired) electrons. The zero-order valence-corrected chi connectivity index (χ0v) is 13.9. The number of hydrogen-bond donors (Lipinski definition) is 0. The van der Waals surface area contributed by atoms with Crippen LogP contribution in [0.1, 0.15) is 29.9 Å². The SMILES string of the molecule is CCN(CC)C(=O)c1csc2nc(-c3ccc(C)cc3)cn12. The van der Waals surface area contributed by atoms with E-state index in [1.165, 1.54) is 16.9 Å². The standard InChI is InChI=1S/C17H19N3OS/c1-4-19(5-2)16(21)15-11-22-17-18-14(10-20(15)17)13-8-6-12(3)7-9-13/h6-11H,4-5H2,1-3H3. The van der Waals surface area contributed by atoms with Crippen molar-refractivity contribution in [3.8, 4) is 11.3 Å². The normalized spacial score (nSPS) is 11.0. The highest BCUT2D eigenvalue weighted by Crippen LogP contribution is 2.24. The zero-order chi connectivity index (χ0) is 15.7. The number of amides is 1. The van der Waals surface area contributed by atoms with Crippen LogP contribution in [0.4, 0.5) is 0 Å². The van der Waals surface area contributed by atoms with Crippen LogP contribution in [0.5, 0.6) is 0 Å². The smallest absolute Gasteiger partial charge is 0.271 e. The summed E-state index contributed by atoms with van der Waals surface area (Å²) in [4.78, 5) is 19.9. The van der Waals surface area contributed by atoms with Crippen LogP contribution in [0.2, 0.25) is 0 Å². The molecule has 2 aromatic heterocycles. The summed E-state index contributed by atoms with van der Waals surface area (Å²) in [6.07, 6.45) is 1.95. The number of aromatic nitrogens is 2. The van der Waals surface area contributed by atoms with E-state index in [0.29, 0.717) is 18.8 Å². The molecule has 3 aromatic rings. The number of nitrogens with zero attached hydrogens (tertiary/aromatic N) is 3. The van der Waals surface area contributed by atoms with E-state index in [4.69, 9.17) is 0 Å². The molecule has 22 heavy (non-hydrogen) atoms. The fourth-order valence-corrected chi connectivity index (χ4v) is 3.32. The van der Waals surface area contributed by atoms with Gasteiger partial charge in [-0.3, -0.25) is 9.20 Å². The van der Waals surface area contributed by atoms with Gasteiger partial charge >= 0.3 is 0 Å². The Morgan fingerprint density at radius 2 is 1.91 bits per heavy atom. The first-order chi connectivity index (χ1) is 10.6. The number of carbonyl (C=O) groups excluding carboxylic acids is 1. The molecule has 0 N–H and O–H groups in total. The van der Waals surface area contributed by atoms with Crippen LogP contribution in [-0.2, 0) is 0 Å². The van der Waals surface area contributed by atoms with Crippen LogP contribution in [-0.4, -0.2) is 33.3 Å². The third-order valence-corrected chi connectivity index (χ3v) is 4.67. The molecule has 3 rings (SSSR count). The molecule has 0 aliphatic heterocycles. The van der Waals surface area contributed by atoms with Crippen molar-refractivity contribution in [2.24, 2.45) is 0 Å². The molecule has 0 atom stereocenters. The van der Waals surface area contributed by atoms with Crippen molar-refractivity contribution < 1.29 is 4.79 Å². The van der Waals surface area contributed by atoms with E-state index in [9.17, 15) is 4.79 Å². The monoisotopic (exact) mass is 313 g/mol. The van der Waals surface area contributed by atoms with Crippen molar-refractivity contribution >= 4 is 22.2 Å². The van der Waals surface area contributed by atoms with Crippen molar-refractivity contribution in [1.82, 2.24) is 14.3 Å². The van der Waals surface area contributed by atoms with Crippen molar-refractivity contribution in [3.63, 3.8) is 0 Å². The highest BCUT2D eigenvalue weighted by atomic mass is 32.1. The van der Waals surface area contributed by atoms with Crippen LogP contribution >= 0.6 is 11.3 Å². The highest BCUT2D eigenvalue weighted by molar-refractivity contribution is 7.15. The molecule has 0 aliphatic rings. The van der Waals surface area contributed by atoms with E-state index in [2.05, 4.69) is 36.2 Å². The minimum absolute atomic E-state index is 0.0594. The van der Waals surface area contributed by atoms with Gasteiger partial charge in [0.2, 0.25) is 0 Å². The van der Waals surface area contributed by atoms with E-state index in [1.807, 2.05) is 34.7 Å². The van der Waals surface area contributed by atoms with Gasteiger partial charge in [0.15, 0.2) is 4.96 Å². The third kappa shape index (κ3) is 2.52. The Labute approximate surface area is 134 Å². The Balaban J connectivity index is 2.01. The van der Waals surface area contributed by atoms with Crippen molar-refractivity contribution in [1.29, 1.82) is 0 Å². The average molecular weight is 313 g/mol. The molecule has 0 aliphatic carbocycles. The summed E-state index contributed by atoms with van der Waals surface area (Å²) < 4.78 is 1.90. The second-order valence-electron chi connectivity index (χ2n) is 5.24. The molecule has 5 heteroatoms. The molecular weight excluding hydrogens is 294 g/mol. The molecule has 1 aromatic carbocycles. The minimum atomic E-state index is 0.0594. The van der Waals surface area contributed by atoms with Gasteiger partial charge in [-0.25, -0.2) is 4.98 Å². The van der Waals surface area contributed by atoms with Crippen molar-refractivity contribution in [3.05, 3.63) is 47.1 Å². The van der Waals surface area contributed by atoms with Crippen LogP contribution in [0.25, 0.3) is 16.2 Å². The van der Waals surface area contributed by atoms with Gasteiger partial charge in [0.1, 0.15) is 5.69 Å². The minimum Gasteiger partial charge on any atom is -0.338 e. The molecule has 0 saturated heterocycles. The van der Waals surface area contributed by atoms with Crippen LogP contribution < -0.4 is 0 Å². The Kier molecular flexibility index (Phi) is 3.98. The summed E-state index contributed by atoms with van der Waals surface area (Å²) in [5, 5.41) is 1.89. The van der Waals surface area contributed by atoms with Gasteiger partial charge in [-0.2, -0.15) is 0 Å². The second kappa shape index (κ2) is 5.93. The second-order valence-corrected chi connectivity index (χ2v) is 6.08.